The van der Waals surface area contributed by atoms with Crippen molar-refractivity contribution in [1.82, 2.24) is 9.55 Å². The summed E-state index contributed by atoms with van der Waals surface area (Å²) in [5, 5.41) is 10.4. The molecule has 1 aromatic heterocycles. The van der Waals surface area contributed by atoms with Gasteiger partial charge in [-0.2, -0.15) is 0 Å². The summed E-state index contributed by atoms with van der Waals surface area (Å²) >= 11 is 0. The molecule has 1 fully saturated rings. The van der Waals surface area contributed by atoms with Crippen LogP contribution in [0.15, 0.2) is 21.9 Å². The molecule has 0 aliphatic carbocycles. The first-order valence-corrected chi connectivity index (χ1v) is 10.0. The third-order valence-corrected chi connectivity index (χ3v) is 5.37. The summed E-state index contributed by atoms with van der Waals surface area (Å²) in [5.74, 6) is 0. The first-order chi connectivity index (χ1) is 12.1. The van der Waals surface area contributed by atoms with Gasteiger partial charge in [0, 0.05) is 12.3 Å². The maximum Gasteiger partial charge on any atom is 0.356 e. The number of aliphatic hydroxyl groups is 1. The summed E-state index contributed by atoms with van der Waals surface area (Å²) in [6, 6.07) is 1.15. The predicted molar refractivity (Wildman–Crippen MR) is 92.1 cm³/mol. The lowest BCUT2D eigenvalue weighted by Gasteiger charge is -2.25. The summed E-state index contributed by atoms with van der Waals surface area (Å²) in [6.07, 6.45) is -2.86. The fourth-order valence-corrected chi connectivity index (χ4v) is 4.34. The van der Waals surface area contributed by atoms with E-state index in [-0.39, 0.29) is 25.2 Å². The molecule has 11 heteroatoms. The lowest BCUT2D eigenvalue weighted by atomic mass is 10.2. The smallest absolute Gasteiger partial charge is 0.356 e. The maximum absolute atomic E-state index is 12.8. The minimum atomic E-state index is -3.52. The van der Waals surface area contributed by atoms with E-state index in [0.717, 1.165) is 10.6 Å². The molecule has 1 saturated heterocycles. The highest BCUT2D eigenvalue weighted by Gasteiger charge is 2.40. The summed E-state index contributed by atoms with van der Waals surface area (Å²) < 4.78 is 35.5. The van der Waals surface area contributed by atoms with Gasteiger partial charge < -0.3 is 23.6 Å². The molecular weight excluding hydrogens is 367 g/mol. The number of aromatic nitrogens is 2. The monoisotopic (exact) mass is 392 g/mol. The average Bonchev–Trinajstić information content (AvgIpc) is 2.85. The van der Waals surface area contributed by atoms with Gasteiger partial charge in [-0.05, 0) is 27.7 Å². The summed E-state index contributed by atoms with van der Waals surface area (Å²) in [6.45, 7) is 6.87. The standard InChI is InChI=1S/C15H25N2O8P/c1-9(2)24-26(21,25-10(3)4)8-23-11-7-22-14(13(11)19)17-6-5-12(18)16-15(17)20/h5-6,9-11,13-14,19H,7-8H2,1-4H3,(H,16,18,20)/t11-,13+,14+/m0/s1. The third kappa shape index (κ3) is 5.35. The molecule has 0 amide bonds. The molecular formula is C15H25N2O8P. The normalized spacial score (nSPS) is 23.9. The Morgan fingerprint density at radius 2 is 1.92 bits per heavy atom. The first kappa shape index (κ1) is 21.0. The maximum atomic E-state index is 12.8. The van der Waals surface area contributed by atoms with Crippen LogP contribution in [0.2, 0.25) is 0 Å². The number of ether oxygens (including phenoxy) is 2. The van der Waals surface area contributed by atoms with Gasteiger partial charge in [-0.25, -0.2) is 4.79 Å². The van der Waals surface area contributed by atoms with Gasteiger partial charge in [-0.3, -0.25) is 18.9 Å². The highest BCUT2D eigenvalue weighted by molar-refractivity contribution is 7.53. The van der Waals surface area contributed by atoms with Crippen LogP contribution in [0.25, 0.3) is 0 Å². The molecule has 2 rings (SSSR count). The van der Waals surface area contributed by atoms with Gasteiger partial charge in [0.05, 0.1) is 18.8 Å². The molecule has 2 heterocycles. The molecule has 0 unspecified atom stereocenters. The van der Waals surface area contributed by atoms with E-state index in [1.165, 1.54) is 6.20 Å². The van der Waals surface area contributed by atoms with Gasteiger partial charge in [0.25, 0.3) is 5.56 Å². The van der Waals surface area contributed by atoms with Crippen molar-refractivity contribution in [2.24, 2.45) is 0 Å². The van der Waals surface area contributed by atoms with Crippen molar-refractivity contribution >= 4 is 7.60 Å². The average molecular weight is 392 g/mol. The van der Waals surface area contributed by atoms with Gasteiger partial charge in [0.15, 0.2) is 6.23 Å². The van der Waals surface area contributed by atoms with E-state index in [9.17, 15) is 19.3 Å². The molecule has 10 nitrogen and oxygen atoms in total. The van der Waals surface area contributed by atoms with Crippen LogP contribution in [0.3, 0.4) is 0 Å². The van der Waals surface area contributed by atoms with E-state index in [2.05, 4.69) is 4.98 Å². The zero-order valence-electron chi connectivity index (χ0n) is 15.2. The fourth-order valence-electron chi connectivity index (χ4n) is 2.51. The zero-order chi connectivity index (χ0) is 19.5. The van der Waals surface area contributed by atoms with Crippen molar-refractivity contribution in [1.29, 1.82) is 0 Å². The van der Waals surface area contributed by atoms with Crippen LogP contribution < -0.4 is 11.2 Å². The van der Waals surface area contributed by atoms with E-state index < -0.39 is 37.3 Å². The molecule has 0 radical (unpaired) electrons. The summed E-state index contributed by atoms with van der Waals surface area (Å²) in [4.78, 5) is 25.1. The molecule has 1 aliphatic rings. The Balaban J connectivity index is 2.05. The van der Waals surface area contributed by atoms with Crippen LogP contribution in [0.4, 0.5) is 0 Å². The molecule has 1 aliphatic heterocycles. The molecule has 0 spiro atoms. The van der Waals surface area contributed by atoms with Gasteiger partial charge in [0.2, 0.25) is 0 Å². The van der Waals surface area contributed by atoms with Crippen molar-refractivity contribution in [3.05, 3.63) is 33.1 Å². The molecule has 2 N–H and O–H groups in total. The van der Waals surface area contributed by atoms with Crippen molar-refractivity contribution in [2.75, 3.05) is 13.0 Å². The van der Waals surface area contributed by atoms with Crippen molar-refractivity contribution < 1.29 is 28.2 Å². The number of hydrogen-bond donors (Lipinski definition) is 2. The molecule has 3 atom stereocenters. The minimum absolute atomic E-state index is 0.0270. The quantitative estimate of drug-likeness (QED) is 0.622. The summed E-state index contributed by atoms with van der Waals surface area (Å²) in [7, 11) is -3.52. The predicted octanol–water partition coefficient (Wildman–Crippen LogP) is 0.812. The Morgan fingerprint density at radius 3 is 2.46 bits per heavy atom. The van der Waals surface area contributed by atoms with Crippen LogP contribution in [-0.2, 0) is 23.1 Å². The Labute approximate surface area is 150 Å². The number of nitrogens with one attached hydrogen (secondary N) is 1. The Kier molecular flexibility index (Phi) is 6.95. The topological polar surface area (TPSA) is 129 Å². The lowest BCUT2D eigenvalue weighted by molar-refractivity contribution is -0.0336. The van der Waals surface area contributed by atoms with E-state index in [4.69, 9.17) is 18.5 Å². The zero-order valence-corrected chi connectivity index (χ0v) is 16.0. The van der Waals surface area contributed by atoms with Crippen LogP contribution in [0, 0.1) is 0 Å². The Bertz CT molecular complexity index is 745. The Hall–Kier alpha value is -1.29. The van der Waals surface area contributed by atoms with Gasteiger partial charge >= 0.3 is 13.3 Å². The SMILES string of the molecule is CC(C)OP(=O)(CO[C@H]1CO[C@@H](n2ccc(=O)[nH]c2=O)[C@@H]1O)OC(C)C. The number of rotatable bonds is 8. The molecule has 0 saturated carbocycles. The van der Waals surface area contributed by atoms with Gasteiger partial charge in [-0.15, -0.1) is 0 Å². The van der Waals surface area contributed by atoms with Crippen LogP contribution in [-0.4, -0.2) is 52.0 Å². The van der Waals surface area contributed by atoms with E-state index in [1.807, 2.05) is 0 Å². The second-order valence-electron chi connectivity index (χ2n) is 6.49. The van der Waals surface area contributed by atoms with Gasteiger partial charge in [-0.1, -0.05) is 0 Å². The second kappa shape index (κ2) is 8.60. The van der Waals surface area contributed by atoms with Gasteiger partial charge in [0.1, 0.15) is 18.6 Å². The molecule has 0 aromatic carbocycles. The highest BCUT2D eigenvalue weighted by atomic mass is 31.2. The van der Waals surface area contributed by atoms with Crippen molar-refractivity contribution in [2.45, 2.75) is 58.3 Å². The van der Waals surface area contributed by atoms with Crippen molar-refractivity contribution in [3.8, 4) is 0 Å². The first-order valence-electron chi connectivity index (χ1n) is 8.30. The molecule has 148 valence electrons. The van der Waals surface area contributed by atoms with Crippen LogP contribution >= 0.6 is 7.60 Å². The Morgan fingerprint density at radius 1 is 1.31 bits per heavy atom. The summed E-state index contributed by atoms with van der Waals surface area (Å²) in [5.41, 5.74) is -1.26. The highest BCUT2D eigenvalue weighted by Crippen LogP contribution is 2.51. The van der Waals surface area contributed by atoms with Crippen molar-refractivity contribution in [3.63, 3.8) is 0 Å². The number of nitrogens with zero attached hydrogens (tertiary/aromatic N) is 1. The second-order valence-corrected chi connectivity index (χ2v) is 8.39. The van der Waals surface area contributed by atoms with Crippen LogP contribution in [0.5, 0.6) is 0 Å². The number of aliphatic hydroxyl groups excluding tert-OH is 1. The van der Waals surface area contributed by atoms with E-state index in [0.29, 0.717) is 0 Å². The number of hydrogen-bond acceptors (Lipinski definition) is 8. The molecule has 1 aromatic rings. The fraction of sp³-hybridized carbons (Fsp3) is 0.733. The molecule has 0 bridgehead atoms. The van der Waals surface area contributed by atoms with E-state index >= 15 is 0 Å². The lowest BCUT2D eigenvalue weighted by Crippen LogP contribution is -2.38. The third-order valence-electron chi connectivity index (χ3n) is 3.42. The van der Waals surface area contributed by atoms with Crippen LogP contribution in [0.1, 0.15) is 33.9 Å². The largest absolute Gasteiger partial charge is 0.386 e. The van der Waals surface area contributed by atoms with E-state index in [1.54, 1.807) is 27.7 Å². The molecule has 26 heavy (non-hydrogen) atoms. The number of H-pyrrole nitrogens is 1. The number of aromatic amines is 1. The minimum Gasteiger partial charge on any atom is -0.386 e.